The molecule has 2 rings (SSSR count). The number of nitrogens with one attached hydrogen (secondary N) is 1. The number of rotatable bonds is 5. The van der Waals surface area contributed by atoms with Gasteiger partial charge in [0.05, 0.1) is 0 Å². The topological polar surface area (TPSA) is 109 Å². The zero-order valence-electron chi connectivity index (χ0n) is 9.95. The fraction of sp³-hybridized carbons (Fsp3) is 0.300. The minimum Gasteiger partial charge on any atom is -0.340 e. The van der Waals surface area contributed by atoms with Crippen LogP contribution in [0.15, 0.2) is 20.9 Å². The van der Waals surface area contributed by atoms with Crippen LogP contribution in [0.4, 0.5) is 0 Å². The van der Waals surface area contributed by atoms with Gasteiger partial charge in [0.25, 0.3) is 0 Å². The van der Waals surface area contributed by atoms with Crippen molar-refractivity contribution < 1.29 is 12.9 Å². The van der Waals surface area contributed by atoms with Gasteiger partial charge in [-0.25, -0.2) is 13.1 Å². The third-order valence-electron chi connectivity index (χ3n) is 2.17. The molecule has 9 heteroatoms. The van der Waals surface area contributed by atoms with Crippen LogP contribution in [0.5, 0.6) is 0 Å². The number of aromatic nitrogens is 2. The molecule has 0 unspecified atom stereocenters. The highest BCUT2D eigenvalue weighted by molar-refractivity contribution is 7.91. The maximum absolute atomic E-state index is 11.9. The van der Waals surface area contributed by atoms with Gasteiger partial charge in [-0.05, 0) is 12.1 Å². The molecule has 7 nitrogen and oxygen atoms in total. The first-order valence-corrected chi connectivity index (χ1v) is 7.60. The Morgan fingerprint density at radius 2 is 2.32 bits per heavy atom. The van der Waals surface area contributed by atoms with Gasteiger partial charge in [-0.3, -0.25) is 0 Å². The van der Waals surface area contributed by atoms with E-state index in [2.05, 4.69) is 14.9 Å². The third kappa shape index (κ3) is 3.37. The van der Waals surface area contributed by atoms with E-state index in [0.29, 0.717) is 23.0 Å². The van der Waals surface area contributed by atoms with Gasteiger partial charge in [0, 0.05) is 19.9 Å². The van der Waals surface area contributed by atoms with Crippen LogP contribution in [0.1, 0.15) is 16.6 Å². The summed E-state index contributed by atoms with van der Waals surface area (Å²) < 4.78 is 31.1. The van der Waals surface area contributed by atoms with Crippen molar-refractivity contribution in [1.82, 2.24) is 14.9 Å². The first-order chi connectivity index (χ1) is 9.01. The zero-order chi connectivity index (χ0) is 13.9. The van der Waals surface area contributed by atoms with E-state index in [1.165, 1.54) is 12.1 Å². The maximum atomic E-state index is 11.9. The van der Waals surface area contributed by atoms with Crippen LogP contribution in [0.3, 0.4) is 0 Å². The van der Waals surface area contributed by atoms with E-state index >= 15 is 0 Å². The Balaban J connectivity index is 1.96. The Bertz CT molecular complexity index is 711. The fourth-order valence-electron chi connectivity index (χ4n) is 1.34. The summed E-state index contributed by atoms with van der Waals surface area (Å²) in [5.41, 5.74) is 0. The van der Waals surface area contributed by atoms with E-state index in [1.807, 2.05) is 6.07 Å². The monoisotopic (exact) mass is 298 g/mol. The smallest absolute Gasteiger partial charge is 0.250 e. The predicted molar refractivity (Wildman–Crippen MR) is 67.0 cm³/mol. The largest absolute Gasteiger partial charge is 0.340 e. The molecule has 0 saturated heterocycles. The molecule has 0 aliphatic heterocycles. The molecule has 19 heavy (non-hydrogen) atoms. The highest BCUT2D eigenvalue weighted by atomic mass is 32.2. The second-order valence-corrected chi connectivity index (χ2v) is 6.69. The van der Waals surface area contributed by atoms with Crippen LogP contribution in [-0.4, -0.2) is 25.1 Å². The molecule has 0 aliphatic rings. The second-order valence-electron chi connectivity index (χ2n) is 3.61. The van der Waals surface area contributed by atoms with E-state index < -0.39 is 10.0 Å². The normalized spacial score (nSPS) is 11.4. The SMILES string of the molecule is Cc1nc(CCNS(=O)(=O)c2ccc(C#N)s2)no1. The van der Waals surface area contributed by atoms with Gasteiger partial charge in [-0.2, -0.15) is 10.2 Å². The Labute approximate surface area is 113 Å². The van der Waals surface area contributed by atoms with Crippen molar-refractivity contribution >= 4 is 21.4 Å². The summed E-state index contributed by atoms with van der Waals surface area (Å²) >= 11 is 0.929. The number of aryl methyl sites for hydroxylation is 1. The van der Waals surface area contributed by atoms with Crippen LogP contribution < -0.4 is 4.72 Å². The quantitative estimate of drug-likeness (QED) is 0.875. The van der Waals surface area contributed by atoms with Gasteiger partial charge in [0.15, 0.2) is 5.82 Å². The van der Waals surface area contributed by atoms with Crippen LogP contribution in [0, 0.1) is 18.3 Å². The lowest BCUT2D eigenvalue weighted by Gasteiger charge is -2.02. The average molecular weight is 298 g/mol. The third-order valence-corrected chi connectivity index (χ3v) is 5.11. The van der Waals surface area contributed by atoms with Gasteiger partial charge < -0.3 is 4.52 Å². The van der Waals surface area contributed by atoms with E-state index in [4.69, 9.17) is 9.78 Å². The van der Waals surface area contributed by atoms with Gasteiger partial charge in [-0.1, -0.05) is 5.16 Å². The van der Waals surface area contributed by atoms with E-state index in [-0.39, 0.29) is 10.8 Å². The summed E-state index contributed by atoms with van der Waals surface area (Å²) in [5, 5.41) is 12.3. The highest BCUT2D eigenvalue weighted by Crippen LogP contribution is 2.20. The summed E-state index contributed by atoms with van der Waals surface area (Å²) in [6, 6.07) is 4.78. The number of sulfonamides is 1. The summed E-state index contributed by atoms with van der Waals surface area (Å²) in [4.78, 5) is 4.32. The molecule has 0 aromatic carbocycles. The fourth-order valence-corrected chi connectivity index (χ4v) is 3.52. The molecule has 0 saturated carbocycles. The van der Waals surface area contributed by atoms with Gasteiger partial charge in [-0.15, -0.1) is 11.3 Å². The number of hydrogen-bond donors (Lipinski definition) is 1. The number of thiophene rings is 1. The molecular formula is C10H10N4O3S2. The number of nitriles is 1. The van der Waals surface area contributed by atoms with Crippen LogP contribution in [0.2, 0.25) is 0 Å². The second kappa shape index (κ2) is 5.48. The molecule has 2 aromatic heterocycles. The summed E-state index contributed by atoms with van der Waals surface area (Å²) in [6.07, 6.45) is 0.340. The van der Waals surface area contributed by atoms with Crippen LogP contribution in [-0.2, 0) is 16.4 Å². The molecule has 2 aromatic rings. The zero-order valence-corrected chi connectivity index (χ0v) is 11.6. The standard InChI is InChI=1S/C10H10N4O3S2/c1-7-13-9(14-17-7)4-5-12-19(15,16)10-3-2-8(6-11)18-10/h2-3,12H,4-5H2,1H3. The molecule has 0 aliphatic carbocycles. The number of nitrogens with zero attached hydrogens (tertiary/aromatic N) is 3. The molecule has 100 valence electrons. The first-order valence-electron chi connectivity index (χ1n) is 5.30. The Morgan fingerprint density at radius 1 is 1.53 bits per heavy atom. The van der Waals surface area contributed by atoms with E-state index in [0.717, 1.165) is 11.3 Å². The molecule has 0 bridgehead atoms. The lowest BCUT2D eigenvalue weighted by Crippen LogP contribution is -2.25. The lowest BCUT2D eigenvalue weighted by atomic mass is 10.4. The Hall–Kier alpha value is -1.76. The molecule has 0 radical (unpaired) electrons. The summed E-state index contributed by atoms with van der Waals surface area (Å²) in [6.45, 7) is 1.83. The average Bonchev–Trinajstić information content (AvgIpc) is 2.98. The molecule has 1 N–H and O–H groups in total. The first kappa shape index (κ1) is 13.7. The van der Waals surface area contributed by atoms with Gasteiger partial charge in [0.2, 0.25) is 15.9 Å². The summed E-state index contributed by atoms with van der Waals surface area (Å²) in [5.74, 6) is 0.888. The van der Waals surface area contributed by atoms with Crippen molar-refractivity contribution in [2.45, 2.75) is 17.6 Å². The molecular weight excluding hydrogens is 288 g/mol. The minimum atomic E-state index is -3.58. The van der Waals surface area contributed by atoms with Crippen LogP contribution >= 0.6 is 11.3 Å². The van der Waals surface area contributed by atoms with Crippen molar-refractivity contribution in [3.63, 3.8) is 0 Å². The molecule has 0 spiro atoms. The number of hydrogen-bond acceptors (Lipinski definition) is 7. The molecule has 0 fully saturated rings. The Morgan fingerprint density at radius 3 is 2.89 bits per heavy atom. The molecule has 2 heterocycles. The van der Waals surface area contributed by atoms with E-state index in [1.54, 1.807) is 6.92 Å². The highest BCUT2D eigenvalue weighted by Gasteiger charge is 2.16. The maximum Gasteiger partial charge on any atom is 0.250 e. The minimum absolute atomic E-state index is 0.119. The molecule has 0 atom stereocenters. The van der Waals surface area contributed by atoms with Crippen molar-refractivity contribution in [3.05, 3.63) is 28.7 Å². The summed E-state index contributed by atoms with van der Waals surface area (Å²) in [7, 11) is -3.58. The van der Waals surface area contributed by atoms with Crippen molar-refractivity contribution in [2.24, 2.45) is 0 Å². The predicted octanol–water partition coefficient (Wildman–Crippen LogP) is 0.832. The van der Waals surface area contributed by atoms with Gasteiger partial charge >= 0.3 is 0 Å². The molecule has 0 amide bonds. The van der Waals surface area contributed by atoms with E-state index in [9.17, 15) is 8.42 Å². The van der Waals surface area contributed by atoms with Crippen molar-refractivity contribution in [2.75, 3.05) is 6.54 Å². The van der Waals surface area contributed by atoms with Crippen molar-refractivity contribution in [3.8, 4) is 6.07 Å². The lowest BCUT2D eigenvalue weighted by molar-refractivity contribution is 0.387. The van der Waals surface area contributed by atoms with Crippen molar-refractivity contribution in [1.29, 1.82) is 5.26 Å². The van der Waals surface area contributed by atoms with Gasteiger partial charge in [0.1, 0.15) is 15.2 Å². The van der Waals surface area contributed by atoms with Crippen LogP contribution in [0.25, 0.3) is 0 Å². The Kier molecular flexibility index (Phi) is 3.94.